The third kappa shape index (κ3) is 1.84. The second kappa shape index (κ2) is 4.60. The van der Waals surface area contributed by atoms with Gasteiger partial charge in [0.2, 0.25) is 0 Å². The van der Waals surface area contributed by atoms with Crippen LogP contribution in [-0.4, -0.2) is 23.4 Å². The molecule has 1 heterocycles. The van der Waals surface area contributed by atoms with E-state index >= 15 is 0 Å². The lowest BCUT2D eigenvalue weighted by Gasteiger charge is -2.23. The number of nitrogens with one attached hydrogen (secondary N) is 1. The van der Waals surface area contributed by atoms with Crippen LogP contribution in [0.1, 0.15) is 12.5 Å². The van der Waals surface area contributed by atoms with Crippen LogP contribution in [0.2, 0.25) is 0 Å². The molecule has 5 heteroatoms. The zero-order valence-corrected chi connectivity index (χ0v) is 11.5. The molecule has 2 aromatic carbocycles. The molecular weight excluding hydrogens is 266 g/mol. The van der Waals surface area contributed by atoms with E-state index in [2.05, 4.69) is 5.32 Å². The number of hydrogen-bond donors (Lipinski definition) is 1. The number of urea groups is 1. The fraction of sp³-hybridized carbons (Fsp3) is 0.188. The number of rotatable bonds is 2. The molecule has 5 nitrogen and oxygen atoms in total. The van der Waals surface area contributed by atoms with E-state index < -0.39 is 17.5 Å². The van der Waals surface area contributed by atoms with E-state index in [4.69, 9.17) is 5.26 Å². The first kappa shape index (κ1) is 13.1. The Hall–Kier alpha value is -2.87. The predicted molar refractivity (Wildman–Crippen MR) is 77.2 cm³/mol. The average Bonchev–Trinajstić information content (AvgIpc) is 2.71. The maximum Gasteiger partial charge on any atom is 0.326 e. The molecule has 0 radical (unpaired) electrons. The highest BCUT2D eigenvalue weighted by Crippen LogP contribution is 2.33. The summed E-state index contributed by atoms with van der Waals surface area (Å²) in [7, 11) is 0. The molecule has 0 spiro atoms. The van der Waals surface area contributed by atoms with Crippen molar-refractivity contribution in [3.63, 3.8) is 0 Å². The summed E-state index contributed by atoms with van der Waals surface area (Å²) in [6, 6.07) is 14.6. The minimum Gasteiger partial charge on any atom is -0.319 e. The Morgan fingerprint density at radius 2 is 1.90 bits per heavy atom. The number of nitrogens with zero attached hydrogens (tertiary/aromatic N) is 2. The molecular formula is C16H13N3O2. The lowest BCUT2D eigenvalue weighted by molar-refractivity contribution is -0.130. The van der Waals surface area contributed by atoms with Gasteiger partial charge in [-0.3, -0.25) is 4.79 Å². The van der Waals surface area contributed by atoms with Crippen molar-refractivity contribution in [1.29, 1.82) is 5.26 Å². The van der Waals surface area contributed by atoms with Crippen LogP contribution in [0.3, 0.4) is 0 Å². The van der Waals surface area contributed by atoms with Crippen molar-refractivity contribution >= 4 is 22.7 Å². The summed E-state index contributed by atoms with van der Waals surface area (Å²) in [4.78, 5) is 25.5. The Morgan fingerprint density at radius 1 is 1.19 bits per heavy atom. The van der Waals surface area contributed by atoms with Gasteiger partial charge in [-0.2, -0.15) is 5.26 Å². The zero-order chi connectivity index (χ0) is 15.0. The summed E-state index contributed by atoms with van der Waals surface area (Å²) in [6.45, 7) is 1.43. The maximum atomic E-state index is 12.6. The largest absolute Gasteiger partial charge is 0.326 e. The van der Waals surface area contributed by atoms with E-state index in [1.54, 1.807) is 6.92 Å². The number of nitriles is 1. The summed E-state index contributed by atoms with van der Waals surface area (Å²) >= 11 is 0. The predicted octanol–water partition coefficient (Wildman–Crippen LogP) is 2.13. The van der Waals surface area contributed by atoms with Gasteiger partial charge in [0.1, 0.15) is 12.1 Å². The normalized spacial score (nSPS) is 21.4. The van der Waals surface area contributed by atoms with E-state index in [1.807, 2.05) is 48.5 Å². The molecule has 1 saturated heterocycles. The summed E-state index contributed by atoms with van der Waals surface area (Å²) in [5.41, 5.74) is -0.409. The summed E-state index contributed by atoms with van der Waals surface area (Å²) in [6.07, 6.45) is 0. The highest BCUT2D eigenvalue weighted by Gasteiger charge is 2.49. The van der Waals surface area contributed by atoms with Gasteiger partial charge in [-0.1, -0.05) is 42.5 Å². The van der Waals surface area contributed by atoms with E-state index in [0.717, 1.165) is 21.2 Å². The standard InChI is InChI=1S/C16H13N3O2/c1-16(14(20)19(10-9-17)15(21)18-16)13-8-4-6-11-5-2-3-7-12(11)13/h2-8H,10H2,1H3,(H,18,21)/t16-/m0/s1. The van der Waals surface area contributed by atoms with Crippen LogP contribution in [0, 0.1) is 11.3 Å². The number of amides is 3. The summed E-state index contributed by atoms with van der Waals surface area (Å²) < 4.78 is 0. The molecule has 0 unspecified atom stereocenters. The number of carbonyl (C=O) groups is 2. The van der Waals surface area contributed by atoms with Gasteiger partial charge in [0, 0.05) is 0 Å². The Bertz CT molecular complexity index is 788. The Morgan fingerprint density at radius 3 is 2.67 bits per heavy atom. The van der Waals surface area contributed by atoms with Gasteiger partial charge in [-0.15, -0.1) is 0 Å². The van der Waals surface area contributed by atoms with Crippen LogP contribution in [0.25, 0.3) is 10.8 Å². The molecule has 0 bridgehead atoms. The second-order valence-corrected chi connectivity index (χ2v) is 5.13. The van der Waals surface area contributed by atoms with Crippen LogP contribution in [0.5, 0.6) is 0 Å². The SMILES string of the molecule is C[C@@]1(c2cccc3ccccc23)NC(=O)N(CC#N)C1=O. The Balaban J connectivity index is 2.17. The highest BCUT2D eigenvalue weighted by atomic mass is 16.2. The molecule has 1 atom stereocenters. The van der Waals surface area contributed by atoms with Crippen molar-refractivity contribution in [2.75, 3.05) is 6.54 Å². The first-order valence-electron chi connectivity index (χ1n) is 6.57. The molecule has 104 valence electrons. The van der Waals surface area contributed by atoms with Crippen molar-refractivity contribution in [1.82, 2.24) is 10.2 Å². The minimum atomic E-state index is -1.14. The van der Waals surface area contributed by atoms with Gasteiger partial charge in [-0.25, -0.2) is 9.69 Å². The summed E-state index contributed by atoms with van der Waals surface area (Å²) in [5, 5.41) is 13.4. The second-order valence-electron chi connectivity index (χ2n) is 5.13. The molecule has 0 aromatic heterocycles. The zero-order valence-electron chi connectivity index (χ0n) is 11.5. The molecule has 0 saturated carbocycles. The molecule has 1 aliphatic rings. The number of benzene rings is 2. The van der Waals surface area contributed by atoms with E-state index in [1.165, 1.54) is 0 Å². The van der Waals surface area contributed by atoms with Crippen LogP contribution in [-0.2, 0) is 10.3 Å². The van der Waals surface area contributed by atoms with Gasteiger partial charge < -0.3 is 5.32 Å². The van der Waals surface area contributed by atoms with Gasteiger partial charge in [0.15, 0.2) is 0 Å². The van der Waals surface area contributed by atoms with E-state index in [9.17, 15) is 9.59 Å². The quantitative estimate of drug-likeness (QED) is 0.676. The van der Waals surface area contributed by atoms with Crippen LogP contribution >= 0.6 is 0 Å². The fourth-order valence-corrected chi connectivity index (χ4v) is 2.76. The van der Waals surface area contributed by atoms with Gasteiger partial charge in [0.25, 0.3) is 5.91 Å². The highest BCUT2D eigenvalue weighted by molar-refractivity contribution is 6.09. The lowest BCUT2D eigenvalue weighted by atomic mass is 9.88. The molecule has 1 aliphatic heterocycles. The Labute approximate surface area is 121 Å². The van der Waals surface area contributed by atoms with Crippen molar-refractivity contribution in [3.8, 4) is 6.07 Å². The molecule has 1 fully saturated rings. The summed E-state index contributed by atoms with van der Waals surface area (Å²) in [5.74, 6) is -0.398. The van der Waals surface area contributed by atoms with E-state index in [0.29, 0.717) is 0 Å². The molecule has 2 aromatic rings. The lowest BCUT2D eigenvalue weighted by Crippen LogP contribution is -2.41. The number of imide groups is 1. The molecule has 1 N–H and O–H groups in total. The first-order valence-corrected chi connectivity index (χ1v) is 6.57. The number of carbonyl (C=O) groups excluding carboxylic acids is 2. The van der Waals surface area contributed by atoms with Crippen molar-refractivity contribution in [2.24, 2.45) is 0 Å². The average molecular weight is 279 g/mol. The topological polar surface area (TPSA) is 73.2 Å². The molecule has 21 heavy (non-hydrogen) atoms. The maximum absolute atomic E-state index is 12.6. The number of fused-ring (bicyclic) bond motifs is 1. The smallest absolute Gasteiger partial charge is 0.319 e. The van der Waals surface area contributed by atoms with Gasteiger partial charge in [-0.05, 0) is 23.3 Å². The fourth-order valence-electron chi connectivity index (χ4n) is 2.76. The van der Waals surface area contributed by atoms with Crippen LogP contribution in [0.4, 0.5) is 4.79 Å². The van der Waals surface area contributed by atoms with Crippen LogP contribution in [0.15, 0.2) is 42.5 Å². The third-order valence-corrected chi connectivity index (χ3v) is 3.83. The molecule has 0 aliphatic carbocycles. The third-order valence-electron chi connectivity index (χ3n) is 3.83. The van der Waals surface area contributed by atoms with Gasteiger partial charge in [0.05, 0.1) is 6.07 Å². The minimum absolute atomic E-state index is 0.245. The molecule has 3 amide bonds. The first-order chi connectivity index (χ1) is 10.1. The van der Waals surface area contributed by atoms with Crippen LogP contribution < -0.4 is 5.32 Å². The van der Waals surface area contributed by atoms with Crippen molar-refractivity contribution < 1.29 is 9.59 Å². The molecule has 3 rings (SSSR count). The number of hydrogen-bond acceptors (Lipinski definition) is 3. The van der Waals surface area contributed by atoms with Crippen molar-refractivity contribution in [3.05, 3.63) is 48.0 Å². The Kier molecular flexibility index (Phi) is 2.88. The van der Waals surface area contributed by atoms with E-state index in [-0.39, 0.29) is 6.54 Å². The monoisotopic (exact) mass is 279 g/mol. The van der Waals surface area contributed by atoms with Gasteiger partial charge >= 0.3 is 6.03 Å². The van der Waals surface area contributed by atoms with Crippen molar-refractivity contribution in [2.45, 2.75) is 12.5 Å².